The Hall–Kier alpha value is -2.67. The van der Waals surface area contributed by atoms with Gasteiger partial charge in [0.1, 0.15) is 18.0 Å². The number of nitrogens with two attached hydrogens (primary N) is 1. The van der Waals surface area contributed by atoms with Crippen molar-refractivity contribution < 1.29 is 19.1 Å². The smallest absolute Gasteiger partial charge is 0.326 e. The quantitative estimate of drug-likeness (QED) is 0.873. The summed E-state index contributed by atoms with van der Waals surface area (Å²) in [6.07, 6.45) is 1.82. The van der Waals surface area contributed by atoms with E-state index >= 15 is 0 Å². The summed E-state index contributed by atoms with van der Waals surface area (Å²) in [6.45, 7) is 0.0408. The third kappa shape index (κ3) is 2.95. The topological polar surface area (TPSA) is 110 Å². The van der Waals surface area contributed by atoms with Crippen LogP contribution in [0.1, 0.15) is 18.2 Å². The first-order valence-corrected chi connectivity index (χ1v) is 7.33. The lowest BCUT2D eigenvalue weighted by molar-refractivity contribution is -0.147. The summed E-state index contributed by atoms with van der Waals surface area (Å²) in [5.74, 6) is -1.22. The van der Waals surface area contributed by atoms with E-state index in [1.807, 2.05) is 30.3 Å². The molecule has 1 aliphatic heterocycles. The largest absolute Gasteiger partial charge is 0.480 e. The third-order valence-corrected chi connectivity index (χ3v) is 4.02. The Morgan fingerprint density at radius 2 is 2.09 bits per heavy atom. The number of carbonyl (C=O) groups excluding carboxylic acids is 1. The maximum absolute atomic E-state index is 11.8. The number of amides is 1. The molecule has 0 radical (unpaired) electrons. The first kappa shape index (κ1) is 15.2. The van der Waals surface area contributed by atoms with E-state index in [-0.39, 0.29) is 31.3 Å². The summed E-state index contributed by atoms with van der Waals surface area (Å²) in [6, 6.07) is 8.67. The zero-order valence-electron chi connectivity index (χ0n) is 12.4. The fourth-order valence-electron chi connectivity index (χ4n) is 2.86. The van der Waals surface area contributed by atoms with E-state index in [0.29, 0.717) is 11.6 Å². The lowest BCUT2D eigenvalue weighted by Gasteiger charge is -2.20. The summed E-state index contributed by atoms with van der Waals surface area (Å²) >= 11 is 0. The Morgan fingerprint density at radius 3 is 2.74 bits per heavy atom. The Bertz CT molecular complexity index is 713. The lowest BCUT2D eigenvalue weighted by Crippen LogP contribution is -2.43. The van der Waals surface area contributed by atoms with Gasteiger partial charge in [-0.1, -0.05) is 30.3 Å². The Kier molecular flexibility index (Phi) is 4.12. The number of hydrogen-bond donors (Lipinski definition) is 2. The lowest BCUT2D eigenvalue weighted by atomic mass is 10.1. The van der Waals surface area contributed by atoms with Crippen LogP contribution in [0.15, 0.2) is 41.0 Å². The molecule has 2 atom stereocenters. The van der Waals surface area contributed by atoms with Crippen LogP contribution in [-0.4, -0.2) is 46.0 Å². The Balaban J connectivity index is 1.82. The first-order valence-electron chi connectivity index (χ1n) is 7.33. The molecular formula is C16H17N3O4. The number of benzene rings is 1. The van der Waals surface area contributed by atoms with E-state index < -0.39 is 12.0 Å². The molecule has 1 saturated heterocycles. The summed E-state index contributed by atoms with van der Waals surface area (Å²) in [7, 11) is 0. The second kappa shape index (κ2) is 6.21. The van der Waals surface area contributed by atoms with Crippen molar-refractivity contribution in [2.75, 3.05) is 13.1 Å². The van der Waals surface area contributed by atoms with Gasteiger partial charge in [-0.3, -0.25) is 4.79 Å². The number of carboxylic acid groups (broad SMARTS) is 1. The summed E-state index contributed by atoms with van der Waals surface area (Å²) in [4.78, 5) is 28.9. The number of aliphatic carboxylic acids is 1. The Morgan fingerprint density at radius 1 is 1.35 bits per heavy atom. The maximum Gasteiger partial charge on any atom is 0.326 e. The van der Waals surface area contributed by atoms with E-state index in [4.69, 9.17) is 10.2 Å². The minimum atomic E-state index is -1.04. The van der Waals surface area contributed by atoms with Gasteiger partial charge in [0.05, 0.1) is 12.5 Å². The molecular weight excluding hydrogens is 298 g/mol. The zero-order valence-corrected chi connectivity index (χ0v) is 12.4. The minimum absolute atomic E-state index is 0.211. The molecule has 2 unspecified atom stereocenters. The van der Waals surface area contributed by atoms with E-state index in [1.54, 1.807) is 6.26 Å². The number of rotatable bonds is 4. The van der Waals surface area contributed by atoms with E-state index in [0.717, 1.165) is 5.56 Å². The molecule has 3 rings (SSSR count). The predicted octanol–water partition coefficient (Wildman–Crippen LogP) is 1.07. The number of aromatic nitrogens is 1. The second-order valence-electron chi connectivity index (χ2n) is 5.47. The van der Waals surface area contributed by atoms with Crippen molar-refractivity contribution in [3.05, 3.63) is 42.5 Å². The highest BCUT2D eigenvalue weighted by molar-refractivity contribution is 5.85. The average molecular weight is 315 g/mol. The van der Waals surface area contributed by atoms with Gasteiger partial charge in [-0.05, 0) is 6.42 Å². The highest BCUT2D eigenvalue weighted by Gasteiger charge is 2.41. The van der Waals surface area contributed by atoms with Crippen molar-refractivity contribution in [3.8, 4) is 11.3 Å². The normalized spacial score (nSPS) is 20.7. The first-order chi connectivity index (χ1) is 11.1. The maximum atomic E-state index is 11.8. The number of hydrogen-bond acceptors (Lipinski definition) is 5. The average Bonchev–Trinajstić information content (AvgIpc) is 3.21. The van der Waals surface area contributed by atoms with Crippen LogP contribution in [-0.2, 0) is 9.59 Å². The van der Waals surface area contributed by atoms with Gasteiger partial charge in [0.25, 0.3) is 0 Å². The van der Waals surface area contributed by atoms with Gasteiger partial charge in [-0.2, -0.15) is 0 Å². The number of carbonyl (C=O) groups is 2. The van der Waals surface area contributed by atoms with Crippen LogP contribution >= 0.6 is 0 Å². The highest BCUT2D eigenvalue weighted by Crippen LogP contribution is 2.32. The van der Waals surface area contributed by atoms with Gasteiger partial charge in [-0.15, -0.1) is 0 Å². The number of likely N-dealkylation sites (tertiary alicyclic amines) is 1. The van der Waals surface area contributed by atoms with Crippen molar-refractivity contribution in [2.24, 2.45) is 5.73 Å². The molecule has 7 heteroatoms. The van der Waals surface area contributed by atoms with Crippen LogP contribution in [0.4, 0.5) is 0 Å². The van der Waals surface area contributed by atoms with E-state index in [2.05, 4.69) is 4.98 Å². The molecule has 23 heavy (non-hydrogen) atoms. The number of nitrogens with zero attached hydrogens (tertiary/aromatic N) is 2. The van der Waals surface area contributed by atoms with Gasteiger partial charge >= 0.3 is 5.97 Å². The molecule has 1 aromatic carbocycles. The molecule has 0 bridgehead atoms. The molecule has 0 aliphatic carbocycles. The number of carboxylic acids is 1. The molecule has 1 fully saturated rings. The van der Waals surface area contributed by atoms with E-state index in [9.17, 15) is 14.7 Å². The molecule has 1 aliphatic rings. The molecule has 2 aromatic rings. The van der Waals surface area contributed by atoms with Crippen molar-refractivity contribution in [1.29, 1.82) is 0 Å². The standard InChI is InChI=1S/C16H17N3O4/c17-7-14(20)19-8-11(6-13(19)16(21)22)15-18-12(9-23-15)10-4-2-1-3-5-10/h1-5,9,11,13H,6-8,17H2,(H,21,22). The van der Waals surface area contributed by atoms with Crippen LogP contribution in [0.3, 0.4) is 0 Å². The molecule has 1 amide bonds. The van der Waals surface area contributed by atoms with Crippen molar-refractivity contribution in [2.45, 2.75) is 18.4 Å². The fraction of sp³-hybridized carbons (Fsp3) is 0.312. The molecule has 3 N–H and O–H groups in total. The Labute approximate surface area is 132 Å². The van der Waals surface area contributed by atoms with E-state index in [1.165, 1.54) is 4.90 Å². The van der Waals surface area contributed by atoms with Crippen molar-refractivity contribution in [1.82, 2.24) is 9.88 Å². The molecule has 1 aromatic heterocycles. The monoisotopic (exact) mass is 315 g/mol. The number of oxazole rings is 1. The molecule has 7 nitrogen and oxygen atoms in total. The second-order valence-corrected chi connectivity index (χ2v) is 5.47. The zero-order chi connectivity index (χ0) is 16.4. The van der Waals surface area contributed by atoms with Crippen molar-refractivity contribution >= 4 is 11.9 Å². The van der Waals surface area contributed by atoms with Gasteiger partial charge in [0.2, 0.25) is 5.91 Å². The predicted molar refractivity (Wildman–Crippen MR) is 81.5 cm³/mol. The minimum Gasteiger partial charge on any atom is -0.480 e. The summed E-state index contributed by atoms with van der Waals surface area (Å²) in [5, 5.41) is 9.29. The van der Waals surface area contributed by atoms with Crippen LogP contribution in [0.2, 0.25) is 0 Å². The van der Waals surface area contributed by atoms with Gasteiger partial charge < -0.3 is 20.2 Å². The fourth-order valence-corrected chi connectivity index (χ4v) is 2.86. The van der Waals surface area contributed by atoms with Gasteiger partial charge in [-0.25, -0.2) is 9.78 Å². The molecule has 0 saturated carbocycles. The van der Waals surface area contributed by atoms with Crippen LogP contribution < -0.4 is 5.73 Å². The highest BCUT2D eigenvalue weighted by atomic mass is 16.4. The van der Waals surface area contributed by atoms with Crippen molar-refractivity contribution in [3.63, 3.8) is 0 Å². The molecule has 0 spiro atoms. The molecule has 120 valence electrons. The SMILES string of the molecule is NCC(=O)N1CC(c2nc(-c3ccccc3)co2)CC1C(=O)O. The van der Waals surface area contributed by atoms with Gasteiger partial charge in [0, 0.05) is 12.1 Å². The van der Waals surface area contributed by atoms with Gasteiger partial charge in [0.15, 0.2) is 5.89 Å². The van der Waals surface area contributed by atoms with Crippen LogP contribution in [0.25, 0.3) is 11.3 Å². The molecule has 2 heterocycles. The van der Waals surface area contributed by atoms with Crippen LogP contribution in [0, 0.1) is 0 Å². The summed E-state index contributed by atoms with van der Waals surface area (Å²) in [5.41, 5.74) is 6.97. The third-order valence-electron chi connectivity index (χ3n) is 4.02. The summed E-state index contributed by atoms with van der Waals surface area (Å²) < 4.78 is 5.52. The van der Waals surface area contributed by atoms with Crippen LogP contribution in [0.5, 0.6) is 0 Å².